The van der Waals surface area contributed by atoms with Gasteiger partial charge in [-0.25, -0.2) is 0 Å². The second kappa shape index (κ2) is 8.52. The highest BCUT2D eigenvalue weighted by Crippen LogP contribution is 2.48. The molecule has 0 radical (unpaired) electrons. The van der Waals surface area contributed by atoms with Gasteiger partial charge in [-0.05, 0) is 48.6 Å². The van der Waals surface area contributed by atoms with Crippen LogP contribution in [0.2, 0.25) is 0 Å². The summed E-state index contributed by atoms with van der Waals surface area (Å²) in [7, 11) is 1.69. The monoisotopic (exact) mass is 422 g/mol. The van der Waals surface area contributed by atoms with Gasteiger partial charge in [0.15, 0.2) is 0 Å². The van der Waals surface area contributed by atoms with Gasteiger partial charge in [-0.3, -0.25) is 4.79 Å². The van der Waals surface area contributed by atoms with Gasteiger partial charge in [-0.1, -0.05) is 24.3 Å². The number of benzene rings is 2. The van der Waals surface area contributed by atoms with Crippen molar-refractivity contribution in [3.05, 3.63) is 48.0 Å². The largest absolute Gasteiger partial charge is 0.496 e. The van der Waals surface area contributed by atoms with E-state index in [1.807, 2.05) is 18.2 Å². The van der Waals surface area contributed by atoms with Gasteiger partial charge in [0.25, 0.3) is 0 Å². The Balaban J connectivity index is 1.54. The van der Waals surface area contributed by atoms with Crippen molar-refractivity contribution < 1.29 is 19.4 Å². The molecule has 3 heterocycles. The Labute approximate surface area is 183 Å². The van der Waals surface area contributed by atoms with Crippen molar-refractivity contribution in [2.24, 2.45) is 11.8 Å². The molecule has 0 spiro atoms. The van der Waals surface area contributed by atoms with Gasteiger partial charge >= 0.3 is 0 Å². The zero-order chi connectivity index (χ0) is 21.4. The molecule has 31 heavy (non-hydrogen) atoms. The van der Waals surface area contributed by atoms with Crippen molar-refractivity contribution in [3.63, 3.8) is 0 Å². The van der Waals surface area contributed by atoms with Crippen LogP contribution in [0, 0.1) is 11.8 Å². The summed E-state index contributed by atoms with van der Waals surface area (Å²) in [5.41, 5.74) is 4.25. The van der Waals surface area contributed by atoms with Gasteiger partial charge in [0.2, 0.25) is 5.91 Å². The zero-order valence-corrected chi connectivity index (χ0v) is 17.9. The van der Waals surface area contributed by atoms with E-state index in [0.717, 1.165) is 53.9 Å². The minimum absolute atomic E-state index is 0.0154. The second-order valence-electron chi connectivity index (χ2n) is 8.75. The lowest BCUT2D eigenvalue weighted by atomic mass is 9.81. The molecule has 0 aliphatic carbocycles. The molecule has 0 unspecified atom stereocenters. The highest BCUT2D eigenvalue weighted by atomic mass is 16.5. The molecule has 2 N–H and O–H groups in total. The Hall–Kier alpha value is -2.57. The molecule has 1 amide bonds. The predicted octanol–water partition coefficient (Wildman–Crippen LogP) is 3.46. The SMILES string of the molecule is COc1ccccc1-c1ccc2c(c1)[C@@H]1[C@@H](CCN1C(=O)C1CCOCC1)[C@H](CO)N2. The van der Waals surface area contributed by atoms with E-state index in [9.17, 15) is 9.90 Å². The Morgan fingerprint density at radius 2 is 2.00 bits per heavy atom. The summed E-state index contributed by atoms with van der Waals surface area (Å²) in [5.74, 6) is 1.31. The number of aliphatic hydroxyl groups excluding tert-OH is 1. The number of hydrogen-bond acceptors (Lipinski definition) is 5. The molecule has 6 heteroatoms. The summed E-state index contributed by atoms with van der Waals surface area (Å²) in [6.07, 6.45) is 2.49. The van der Waals surface area contributed by atoms with Crippen molar-refractivity contribution in [3.8, 4) is 16.9 Å². The van der Waals surface area contributed by atoms with Crippen molar-refractivity contribution in [1.29, 1.82) is 0 Å². The molecule has 3 aliphatic heterocycles. The average molecular weight is 423 g/mol. The molecule has 3 atom stereocenters. The lowest BCUT2D eigenvalue weighted by Gasteiger charge is -2.40. The number of methoxy groups -OCH3 is 1. The molecule has 6 nitrogen and oxygen atoms in total. The third kappa shape index (κ3) is 3.58. The Kier molecular flexibility index (Phi) is 5.59. The Morgan fingerprint density at radius 3 is 2.77 bits per heavy atom. The fraction of sp³-hybridized carbons (Fsp3) is 0.480. The number of hydrogen-bond donors (Lipinski definition) is 2. The number of nitrogens with one attached hydrogen (secondary N) is 1. The standard InChI is InChI=1S/C25H30N2O4/c1-30-23-5-3-2-4-18(23)17-6-7-21-20(14-17)24-19(22(15-28)26-21)8-11-27(24)25(29)16-9-12-31-13-10-16/h2-7,14,16,19,22,24,26,28H,8-13,15H2,1H3/t19-,22-,24-/m0/s1. The van der Waals surface area contributed by atoms with E-state index in [1.54, 1.807) is 7.11 Å². The van der Waals surface area contributed by atoms with Crippen LogP contribution in [0.1, 0.15) is 30.9 Å². The number of amides is 1. The summed E-state index contributed by atoms with van der Waals surface area (Å²) in [6.45, 7) is 2.12. The molecular weight excluding hydrogens is 392 g/mol. The molecule has 2 fully saturated rings. The second-order valence-corrected chi connectivity index (χ2v) is 8.75. The third-order valence-electron chi connectivity index (χ3n) is 7.14. The highest BCUT2D eigenvalue weighted by molar-refractivity contribution is 5.81. The maximum atomic E-state index is 13.5. The first-order chi connectivity index (χ1) is 15.2. The van der Waals surface area contributed by atoms with Gasteiger partial charge in [0.1, 0.15) is 5.75 Å². The van der Waals surface area contributed by atoms with Crippen LogP contribution in [0.5, 0.6) is 5.75 Å². The number of likely N-dealkylation sites (tertiary alicyclic amines) is 1. The average Bonchev–Trinajstić information content (AvgIpc) is 3.29. The van der Waals surface area contributed by atoms with E-state index in [1.165, 1.54) is 0 Å². The number of ether oxygens (including phenoxy) is 2. The van der Waals surface area contributed by atoms with E-state index >= 15 is 0 Å². The summed E-state index contributed by atoms with van der Waals surface area (Å²) in [6, 6.07) is 14.3. The van der Waals surface area contributed by atoms with Crippen molar-refractivity contribution in [2.75, 3.05) is 38.8 Å². The number of nitrogens with zero attached hydrogens (tertiary/aromatic N) is 1. The fourth-order valence-electron chi connectivity index (χ4n) is 5.54. The first-order valence-electron chi connectivity index (χ1n) is 11.2. The molecule has 2 aromatic rings. The highest BCUT2D eigenvalue weighted by Gasteiger charge is 2.46. The number of carbonyl (C=O) groups excluding carboxylic acids is 1. The molecular formula is C25H30N2O4. The van der Waals surface area contributed by atoms with Crippen LogP contribution in [0.25, 0.3) is 11.1 Å². The molecule has 3 aliphatic rings. The van der Waals surface area contributed by atoms with Gasteiger partial charge in [0, 0.05) is 42.8 Å². The van der Waals surface area contributed by atoms with Crippen LogP contribution in [0.15, 0.2) is 42.5 Å². The molecule has 0 bridgehead atoms. The Bertz CT molecular complexity index is 956. The Morgan fingerprint density at radius 1 is 1.19 bits per heavy atom. The van der Waals surface area contributed by atoms with Crippen LogP contribution >= 0.6 is 0 Å². The fourth-order valence-corrected chi connectivity index (χ4v) is 5.54. The van der Waals surface area contributed by atoms with Crippen LogP contribution < -0.4 is 10.1 Å². The number of aliphatic hydroxyl groups is 1. The maximum absolute atomic E-state index is 13.5. The van der Waals surface area contributed by atoms with Crippen molar-refractivity contribution in [2.45, 2.75) is 31.3 Å². The molecule has 2 saturated heterocycles. The number of carbonyl (C=O) groups is 1. The third-order valence-corrected chi connectivity index (χ3v) is 7.14. The number of fused-ring (bicyclic) bond motifs is 3. The molecule has 0 aromatic heterocycles. The van der Waals surface area contributed by atoms with E-state index < -0.39 is 0 Å². The normalized spacial score (nSPS) is 25.5. The molecule has 2 aromatic carbocycles. The van der Waals surface area contributed by atoms with Gasteiger partial charge < -0.3 is 24.8 Å². The minimum atomic E-state index is -0.0397. The summed E-state index contributed by atoms with van der Waals surface area (Å²) < 4.78 is 11.0. The van der Waals surface area contributed by atoms with Crippen LogP contribution in [0.4, 0.5) is 5.69 Å². The summed E-state index contributed by atoms with van der Waals surface area (Å²) in [4.78, 5) is 15.6. The van der Waals surface area contributed by atoms with Crippen LogP contribution in [-0.2, 0) is 9.53 Å². The topological polar surface area (TPSA) is 71.0 Å². The summed E-state index contributed by atoms with van der Waals surface area (Å²) in [5, 5.41) is 13.6. The van der Waals surface area contributed by atoms with E-state index in [0.29, 0.717) is 13.2 Å². The van der Waals surface area contributed by atoms with Crippen molar-refractivity contribution >= 4 is 11.6 Å². The predicted molar refractivity (Wildman–Crippen MR) is 119 cm³/mol. The van der Waals surface area contributed by atoms with Gasteiger partial charge in [-0.15, -0.1) is 0 Å². The lowest BCUT2D eigenvalue weighted by Crippen LogP contribution is -2.44. The lowest BCUT2D eigenvalue weighted by molar-refractivity contribution is -0.140. The van der Waals surface area contributed by atoms with Gasteiger partial charge in [-0.2, -0.15) is 0 Å². The minimum Gasteiger partial charge on any atom is -0.496 e. The zero-order valence-electron chi connectivity index (χ0n) is 17.9. The van der Waals surface area contributed by atoms with E-state index in [4.69, 9.17) is 9.47 Å². The number of rotatable bonds is 4. The first kappa shape index (κ1) is 20.3. The number of anilines is 1. The van der Waals surface area contributed by atoms with Crippen molar-refractivity contribution in [1.82, 2.24) is 4.90 Å². The van der Waals surface area contributed by atoms with E-state index in [-0.39, 0.29) is 36.4 Å². The van der Waals surface area contributed by atoms with E-state index in [2.05, 4.69) is 34.5 Å². The molecule has 0 saturated carbocycles. The molecule has 5 rings (SSSR count). The van der Waals surface area contributed by atoms with Gasteiger partial charge in [0.05, 0.1) is 25.8 Å². The molecule has 164 valence electrons. The quantitative estimate of drug-likeness (QED) is 0.790. The van der Waals surface area contributed by atoms with Crippen LogP contribution in [-0.4, -0.2) is 55.4 Å². The number of para-hydroxylation sites is 1. The smallest absolute Gasteiger partial charge is 0.226 e. The summed E-state index contributed by atoms with van der Waals surface area (Å²) >= 11 is 0. The maximum Gasteiger partial charge on any atom is 0.226 e. The first-order valence-corrected chi connectivity index (χ1v) is 11.2. The van der Waals surface area contributed by atoms with Crippen LogP contribution in [0.3, 0.4) is 0 Å².